The smallest absolute Gasteiger partial charge is 0.123 e. The maximum atomic E-state index is 12.9. The van der Waals surface area contributed by atoms with Crippen molar-refractivity contribution in [3.05, 3.63) is 35.6 Å². The molecule has 2 nitrogen and oxygen atoms in total. The van der Waals surface area contributed by atoms with Gasteiger partial charge in [-0.2, -0.15) is 0 Å². The van der Waals surface area contributed by atoms with E-state index < -0.39 is 0 Å². The van der Waals surface area contributed by atoms with Crippen LogP contribution in [-0.4, -0.2) is 20.3 Å². The molecule has 3 heteroatoms. The predicted octanol–water partition coefficient (Wildman–Crippen LogP) is 1.73. The maximum absolute atomic E-state index is 12.9. The van der Waals surface area contributed by atoms with Gasteiger partial charge in [0.1, 0.15) is 5.82 Å². The van der Waals surface area contributed by atoms with Crippen LogP contribution in [0.4, 0.5) is 4.39 Å². The van der Waals surface area contributed by atoms with Crippen LogP contribution in [0.1, 0.15) is 11.6 Å². The van der Waals surface area contributed by atoms with Gasteiger partial charge in [0.15, 0.2) is 0 Å². The summed E-state index contributed by atoms with van der Waals surface area (Å²) in [7, 11) is 1.70. The van der Waals surface area contributed by atoms with Crippen molar-refractivity contribution in [2.45, 2.75) is 6.04 Å². The molecule has 1 aromatic rings. The highest BCUT2D eigenvalue weighted by Crippen LogP contribution is 2.29. The molecule has 1 N–H and O–H groups in total. The third-order valence-electron chi connectivity index (χ3n) is 2.66. The largest absolute Gasteiger partial charge is 0.384 e. The van der Waals surface area contributed by atoms with Crippen LogP contribution in [0.2, 0.25) is 0 Å². The van der Waals surface area contributed by atoms with Gasteiger partial charge in [-0.25, -0.2) is 4.39 Å². The highest BCUT2D eigenvalue weighted by atomic mass is 19.1. The molecule has 2 rings (SSSR count). The van der Waals surface area contributed by atoms with Crippen molar-refractivity contribution in [3.8, 4) is 0 Å². The lowest BCUT2D eigenvalue weighted by Gasteiger charge is -2.38. The average molecular weight is 195 g/mol. The van der Waals surface area contributed by atoms with Crippen LogP contribution >= 0.6 is 0 Å². The first kappa shape index (κ1) is 9.62. The van der Waals surface area contributed by atoms with Crippen LogP contribution in [0.15, 0.2) is 24.3 Å². The summed E-state index contributed by atoms with van der Waals surface area (Å²) >= 11 is 0. The Bertz CT molecular complexity index is 316. The molecule has 1 aliphatic rings. The number of hydrogen-bond acceptors (Lipinski definition) is 2. The van der Waals surface area contributed by atoms with Gasteiger partial charge in [0.25, 0.3) is 0 Å². The van der Waals surface area contributed by atoms with Gasteiger partial charge in [0.05, 0.1) is 6.61 Å². The summed E-state index contributed by atoms with van der Waals surface area (Å²) in [6.45, 7) is 1.68. The molecule has 0 saturated carbocycles. The molecule has 2 atom stereocenters. The van der Waals surface area contributed by atoms with E-state index in [0.29, 0.717) is 5.92 Å². The fourth-order valence-corrected chi connectivity index (χ4v) is 1.86. The Morgan fingerprint density at radius 2 is 2.43 bits per heavy atom. The van der Waals surface area contributed by atoms with Crippen molar-refractivity contribution in [1.82, 2.24) is 5.32 Å². The van der Waals surface area contributed by atoms with Gasteiger partial charge < -0.3 is 10.1 Å². The second-order valence-corrected chi connectivity index (χ2v) is 3.66. The molecule has 1 heterocycles. The lowest BCUT2D eigenvalue weighted by atomic mass is 9.87. The van der Waals surface area contributed by atoms with E-state index >= 15 is 0 Å². The third-order valence-corrected chi connectivity index (χ3v) is 2.66. The second kappa shape index (κ2) is 4.07. The van der Waals surface area contributed by atoms with Crippen molar-refractivity contribution in [2.75, 3.05) is 20.3 Å². The lowest BCUT2D eigenvalue weighted by molar-refractivity contribution is 0.0882. The van der Waals surface area contributed by atoms with E-state index in [0.717, 1.165) is 18.7 Å². The van der Waals surface area contributed by atoms with Gasteiger partial charge in [0.2, 0.25) is 0 Å². The molecule has 0 spiro atoms. The molecule has 1 fully saturated rings. The molecule has 0 radical (unpaired) electrons. The SMILES string of the molecule is COCC1CNC1c1cccc(F)c1. The van der Waals surface area contributed by atoms with Gasteiger partial charge in [-0.1, -0.05) is 12.1 Å². The van der Waals surface area contributed by atoms with Gasteiger partial charge in [-0.05, 0) is 17.7 Å². The van der Waals surface area contributed by atoms with Gasteiger partial charge in [-0.3, -0.25) is 0 Å². The average Bonchev–Trinajstić information content (AvgIpc) is 2.12. The van der Waals surface area contributed by atoms with Gasteiger partial charge >= 0.3 is 0 Å². The number of rotatable bonds is 3. The van der Waals surface area contributed by atoms with Crippen molar-refractivity contribution < 1.29 is 9.13 Å². The van der Waals surface area contributed by atoms with Crippen LogP contribution in [0.3, 0.4) is 0 Å². The standard InChI is InChI=1S/C11H14FNO/c1-14-7-9-6-13-11(9)8-3-2-4-10(12)5-8/h2-5,9,11,13H,6-7H2,1H3. The molecule has 14 heavy (non-hydrogen) atoms. The minimum absolute atomic E-state index is 0.174. The highest BCUT2D eigenvalue weighted by Gasteiger charge is 2.31. The molecule has 0 amide bonds. The molecule has 1 aromatic carbocycles. The maximum Gasteiger partial charge on any atom is 0.123 e. The lowest BCUT2D eigenvalue weighted by Crippen LogP contribution is -2.47. The Balaban J connectivity index is 2.08. The Labute approximate surface area is 83.1 Å². The predicted molar refractivity (Wildman–Crippen MR) is 52.5 cm³/mol. The van der Waals surface area contributed by atoms with E-state index in [1.807, 2.05) is 6.07 Å². The van der Waals surface area contributed by atoms with Crippen molar-refractivity contribution >= 4 is 0 Å². The minimum Gasteiger partial charge on any atom is -0.384 e. The summed E-state index contributed by atoms with van der Waals surface area (Å²) in [6, 6.07) is 7.00. The van der Waals surface area contributed by atoms with E-state index in [1.165, 1.54) is 6.07 Å². The fourth-order valence-electron chi connectivity index (χ4n) is 1.86. The quantitative estimate of drug-likeness (QED) is 0.793. The number of ether oxygens (including phenoxy) is 1. The van der Waals surface area contributed by atoms with Crippen molar-refractivity contribution in [1.29, 1.82) is 0 Å². The number of nitrogens with one attached hydrogen (secondary N) is 1. The zero-order valence-corrected chi connectivity index (χ0v) is 8.16. The van der Waals surface area contributed by atoms with E-state index in [4.69, 9.17) is 4.74 Å². The van der Waals surface area contributed by atoms with Crippen molar-refractivity contribution in [3.63, 3.8) is 0 Å². The summed E-state index contributed by atoms with van der Waals surface area (Å²) in [5.74, 6) is 0.300. The molecular weight excluding hydrogens is 181 g/mol. The number of halogens is 1. The monoisotopic (exact) mass is 195 g/mol. The second-order valence-electron chi connectivity index (χ2n) is 3.66. The summed E-state index contributed by atoms with van der Waals surface area (Å²) in [5, 5.41) is 3.28. The Morgan fingerprint density at radius 3 is 3.00 bits per heavy atom. The minimum atomic E-state index is -0.174. The number of methoxy groups -OCH3 is 1. The van der Waals surface area contributed by atoms with Crippen molar-refractivity contribution in [2.24, 2.45) is 5.92 Å². The number of hydrogen-bond donors (Lipinski definition) is 1. The van der Waals surface area contributed by atoms with Crippen LogP contribution in [0, 0.1) is 11.7 Å². The van der Waals surface area contributed by atoms with Gasteiger partial charge in [0, 0.05) is 25.6 Å². The Kier molecular flexibility index (Phi) is 2.79. The van der Waals surface area contributed by atoms with Crippen LogP contribution in [-0.2, 0) is 4.74 Å². The topological polar surface area (TPSA) is 21.3 Å². The summed E-state index contributed by atoms with van der Waals surface area (Å²) in [6.07, 6.45) is 0. The first-order valence-electron chi connectivity index (χ1n) is 4.79. The molecule has 76 valence electrons. The van der Waals surface area contributed by atoms with E-state index in [2.05, 4.69) is 5.32 Å². The summed E-state index contributed by atoms with van der Waals surface area (Å²) in [4.78, 5) is 0. The molecule has 0 bridgehead atoms. The van der Waals surface area contributed by atoms with E-state index in [1.54, 1.807) is 19.2 Å². The van der Waals surface area contributed by atoms with E-state index in [9.17, 15) is 4.39 Å². The fraction of sp³-hybridized carbons (Fsp3) is 0.455. The molecule has 0 aliphatic carbocycles. The summed E-state index contributed by atoms with van der Waals surface area (Å²) in [5.41, 5.74) is 1.01. The zero-order valence-electron chi connectivity index (χ0n) is 8.16. The van der Waals surface area contributed by atoms with Crippen LogP contribution in [0.5, 0.6) is 0 Å². The Morgan fingerprint density at radius 1 is 1.57 bits per heavy atom. The molecule has 2 unspecified atom stereocenters. The first-order chi connectivity index (χ1) is 6.81. The molecular formula is C11H14FNO. The van der Waals surface area contributed by atoms with Crippen LogP contribution in [0.25, 0.3) is 0 Å². The normalized spacial score (nSPS) is 25.9. The first-order valence-corrected chi connectivity index (χ1v) is 4.79. The number of benzene rings is 1. The zero-order chi connectivity index (χ0) is 9.97. The van der Waals surface area contributed by atoms with Gasteiger partial charge in [-0.15, -0.1) is 0 Å². The molecule has 0 aromatic heterocycles. The molecule has 1 aliphatic heterocycles. The third kappa shape index (κ3) is 1.79. The highest BCUT2D eigenvalue weighted by molar-refractivity contribution is 5.23. The summed E-state index contributed by atoms with van der Waals surface area (Å²) < 4.78 is 18.0. The van der Waals surface area contributed by atoms with E-state index in [-0.39, 0.29) is 11.9 Å². The Hall–Kier alpha value is -0.930. The van der Waals surface area contributed by atoms with Crippen LogP contribution < -0.4 is 5.32 Å². The molecule has 1 saturated heterocycles.